The number of benzene rings is 1. The van der Waals surface area contributed by atoms with Crippen LogP contribution in [0.15, 0.2) is 36.7 Å². The third-order valence-corrected chi connectivity index (χ3v) is 3.48. The van der Waals surface area contributed by atoms with Gasteiger partial charge in [-0.3, -0.25) is 4.98 Å². The van der Waals surface area contributed by atoms with Crippen LogP contribution in [0.3, 0.4) is 0 Å². The van der Waals surface area contributed by atoms with Crippen molar-refractivity contribution in [3.8, 4) is 16.9 Å². The quantitative estimate of drug-likeness (QED) is 0.772. The van der Waals surface area contributed by atoms with Crippen molar-refractivity contribution in [3.05, 3.63) is 47.8 Å². The highest BCUT2D eigenvalue weighted by molar-refractivity contribution is 5.74. The number of halogens is 3. The highest BCUT2D eigenvalue weighted by Gasteiger charge is 2.34. The predicted molar refractivity (Wildman–Crippen MR) is 79.9 cm³/mol. The zero-order valence-corrected chi connectivity index (χ0v) is 13.0. The van der Waals surface area contributed by atoms with E-state index in [1.165, 1.54) is 13.3 Å². The molecule has 2 nitrogen and oxygen atoms in total. The summed E-state index contributed by atoms with van der Waals surface area (Å²) >= 11 is 0. The van der Waals surface area contributed by atoms with E-state index in [2.05, 4.69) is 4.98 Å². The Bertz CT molecular complexity index is 672. The molecule has 0 radical (unpaired) electrons. The number of alkyl halides is 3. The molecule has 0 fully saturated rings. The monoisotopic (exact) mass is 309 g/mol. The van der Waals surface area contributed by atoms with Crippen LogP contribution in [0.2, 0.25) is 0 Å². The average molecular weight is 309 g/mol. The summed E-state index contributed by atoms with van der Waals surface area (Å²) in [5, 5.41) is 0. The molecule has 0 aliphatic rings. The van der Waals surface area contributed by atoms with Crippen molar-refractivity contribution in [1.29, 1.82) is 0 Å². The number of pyridine rings is 1. The van der Waals surface area contributed by atoms with E-state index in [1.54, 1.807) is 12.1 Å². The largest absolute Gasteiger partial charge is 0.496 e. The van der Waals surface area contributed by atoms with Gasteiger partial charge in [-0.05, 0) is 29.2 Å². The molecule has 118 valence electrons. The molecule has 0 saturated heterocycles. The van der Waals surface area contributed by atoms with Crippen LogP contribution in [0.5, 0.6) is 5.75 Å². The SMILES string of the molecule is COc1ccc(C(C)(C)C)cc1-c1cnccc1C(F)(F)F. The molecule has 1 aromatic carbocycles. The van der Waals surface area contributed by atoms with Crippen molar-refractivity contribution >= 4 is 0 Å². The Morgan fingerprint density at radius 2 is 1.68 bits per heavy atom. The predicted octanol–water partition coefficient (Wildman–Crippen LogP) is 5.07. The number of aromatic nitrogens is 1. The summed E-state index contributed by atoms with van der Waals surface area (Å²) in [7, 11) is 1.44. The summed E-state index contributed by atoms with van der Waals surface area (Å²) < 4.78 is 44.9. The second-order valence-electron chi connectivity index (χ2n) is 6.08. The van der Waals surface area contributed by atoms with E-state index in [0.717, 1.165) is 17.8 Å². The third kappa shape index (κ3) is 3.24. The maximum absolute atomic E-state index is 13.2. The lowest BCUT2D eigenvalue weighted by Crippen LogP contribution is -2.12. The second-order valence-corrected chi connectivity index (χ2v) is 6.08. The molecule has 2 aromatic rings. The minimum Gasteiger partial charge on any atom is -0.496 e. The molecule has 0 bridgehead atoms. The smallest absolute Gasteiger partial charge is 0.417 e. The number of methoxy groups -OCH3 is 1. The topological polar surface area (TPSA) is 22.1 Å². The lowest BCUT2D eigenvalue weighted by Gasteiger charge is -2.22. The Kier molecular flexibility index (Phi) is 4.18. The molecule has 0 N–H and O–H groups in total. The molecule has 0 amide bonds. The van der Waals surface area contributed by atoms with Crippen LogP contribution in [-0.4, -0.2) is 12.1 Å². The first-order chi connectivity index (χ1) is 10.1. The minimum atomic E-state index is -4.44. The standard InChI is InChI=1S/C17H18F3NO/c1-16(2,3)11-5-6-15(22-4)12(9-11)13-10-21-8-7-14(13)17(18,19)20/h5-10H,1-4H3. The molecular formula is C17H18F3NO. The zero-order chi connectivity index (χ0) is 16.5. The molecule has 0 aliphatic heterocycles. The number of nitrogens with zero attached hydrogens (tertiary/aromatic N) is 1. The molecule has 0 spiro atoms. The fourth-order valence-electron chi connectivity index (χ4n) is 2.24. The van der Waals surface area contributed by atoms with E-state index >= 15 is 0 Å². The second kappa shape index (κ2) is 5.63. The van der Waals surface area contributed by atoms with Crippen LogP contribution in [0.1, 0.15) is 31.9 Å². The summed E-state index contributed by atoms with van der Waals surface area (Å²) in [5.41, 5.74) is 0.460. The van der Waals surface area contributed by atoms with E-state index in [0.29, 0.717) is 11.3 Å². The Morgan fingerprint density at radius 3 is 2.23 bits per heavy atom. The Morgan fingerprint density at radius 1 is 1.00 bits per heavy atom. The molecule has 1 aromatic heterocycles. The fraction of sp³-hybridized carbons (Fsp3) is 0.353. The normalized spacial score (nSPS) is 12.3. The molecular weight excluding hydrogens is 291 g/mol. The van der Waals surface area contributed by atoms with Crippen molar-refractivity contribution in [1.82, 2.24) is 4.98 Å². The maximum Gasteiger partial charge on any atom is 0.417 e. The molecule has 22 heavy (non-hydrogen) atoms. The highest BCUT2D eigenvalue weighted by Crippen LogP contribution is 2.41. The van der Waals surface area contributed by atoms with Gasteiger partial charge in [-0.15, -0.1) is 0 Å². The van der Waals surface area contributed by atoms with Crippen molar-refractivity contribution in [3.63, 3.8) is 0 Å². The van der Waals surface area contributed by atoms with E-state index in [9.17, 15) is 13.2 Å². The van der Waals surface area contributed by atoms with Crippen LogP contribution in [0.4, 0.5) is 13.2 Å². The van der Waals surface area contributed by atoms with Crippen LogP contribution in [0, 0.1) is 0 Å². The van der Waals surface area contributed by atoms with Crippen molar-refractivity contribution in [2.45, 2.75) is 32.4 Å². The van der Waals surface area contributed by atoms with Gasteiger partial charge in [0.2, 0.25) is 0 Å². The van der Waals surface area contributed by atoms with E-state index < -0.39 is 11.7 Å². The van der Waals surface area contributed by atoms with Crippen molar-refractivity contribution < 1.29 is 17.9 Å². The van der Waals surface area contributed by atoms with Gasteiger partial charge in [0.25, 0.3) is 0 Å². The van der Waals surface area contributed by atoms with Crippen LogP contribution >= 0.6 is 0 Å². The first-order valence-corrected chi connectivity index (χ1v) is 6.84. The fourth-order valence-corrected chi connectivity index (χ4v) is 2.24. The van der Waals surface area contributed by atoms with Gasteiger partial charge < -0.3 is 4.74 Å². The summed E-state index contributed by atoms with van der Waals surface area (Å²) in [5.74, 6) is 0.395. The zero-order valence-electron chi connectivity index (χ0n) is 13.0. The molecule has 0 aliphatic carbocycles. The summed E-state index contributed by atoms with van der Waals surface area (Å²) in [6.07, 6.45) is -2.07. The van der Waals surface area contributed by atoms with Gasteiger partial charge in [-0.1, -0.05) is 26.8 Å². The van der Waals surface area contributed by atoms with Gasteiger partial charge in [0, 0.05) is 23.5 Å². The number of hydrogen-bond donors (Lipinski definition) is 0. The van der Waals surface area contributed by atoms with Crippen molar-refractivity contribution in [2.24, 2.45) is 0 Å². The third-order valence-electron chi connectivity index (χ3n) is 3.48. The van der Waals surface area contributed by atoms with Crippen LogP contribution in [-0.2, 0) is 11.6 Å². The van der Waals surface area contributed by atoms with Gasteiger partial charge in [-0.2, -0.15) is 13.2 Å². The van der Waals surface area contributed by atoms with Gasteiger partial charge in [0.05, 0.1) is 12.7 Å². The summed E-state index contributed by atoms with van der Waals surface area (Å²) in [4.78, 5) is 3.85. The molecule has 0 saturated carbocycles. The average Bonchev–Trinajstić information content (AvgIpc) is 2.44. The van der Waals surface area contributed by atoms with E-state index in [4.69, 9.17) is 4.74 Å². The summed E-state index contributed by atoms with van der Waals surface area (Å²) in [6.45, 7) is 6.02. The first-order valence-electron chi connectivity index (χ1n) is 6.84. The number of hydrogen-bond acceptors (Lipinski definition) is 2. The molecule has 0 atom stereocenters. The molecule has 0 unspecified atom stereocenters. The Hall–Kier alpha value is -2.04. The van der Waals surface area contributed by atoms with E-state index in [1.807, 2.05) is 26.8 Å². The van der Waals surface area contributed by atoms with Gasteiger partial charge in [0.15, 0.2) is 0 Å². The summed E-state index contributed by atoms with van der Waals surface area (Å²) in [6, 6.07) is 6.29. The lowest BCUT2D eigenvalue weighted by atomic mass is 9.85. The molecule has 2 rings (SSSR count). The number of rotatable bonds is 2. The molecule has 1 heterocycles. The molecule has 5 heteroatoms. The minimum absolute atomic E-state index is 0.0259. The highest BCUT2D eigenvalue weighted by atomic mass is 19.4. The maximum atomic E-state index is 13.2. The van der Waals surface area contributed by atoms with E-state index in [-0.39, 0.29) is 11.0 Å². The Labute approximate surface area is 128 Å². The Balaban J connectivity index is 2.72. The van der Waals surface area contributed by atoms with Gasteiger partial charge in [0.1, 0.15) is 5.75 Å². The first kappa shape index (κ1) is 16.3. The lowest BCUT2D eigenvalue weighted by molar-refractivity contribution is -0.137. The van der Waals surface area contributed by atoms with Crippen LogP contribution in [0.25, 0.3) is 11.1 Å². The van der Waals surface area contributed by atoms with Gasteiger partial charge in [-0.25, -0.2) is 0 Å². The number of ether oxygens (including phenoxy) is 1. The van der Waals surface area contributed by atoms with Gasteiger partial charge >= 0.3 is 6.18 Å². The van der Waals surface area contributed by atoms with Crippen LogP contribution < -0.4 is 4.74 Å². The van der Waals surface area contributed by atoms with Crippen molar-refractivity contribution in [2.75, 3.05) is 7.11 Å².